The van der Waals surface area contributed by atoms with Gasteiger partial charge in [-0.1, -0.05) is 0 Å². The van der Waals surface area contributed by atoms with Crippen LogP contribution in [0.4, 0.5) is 5.69 Å². The first-order chi connectivity index (χ1) is 9.47. The van der Waals surface area contributed by atoms with Crippen LogP contribution in [0.1, 0.15) is 6.92 Å². The van der Waals surface area contributed by atoms with Crippen molar-refractivity contribution < 1.29 is 33.8 Å². The molecule has 104 valence electrons. The molecule has 0 aliphatic rings. The molecule has 0 bridgehead atoms. The normalized spacial score (nSPS) is 11.3. The van der Waals surface area contributed by atoms with E-state index in [1.54, 1.807) is 6.92 Å². The Hall–Kier alpha value is -2.14. The number of hydrogen-bond acceptors (Lipinski definition) is 5. The third-order valence-electron chi connectivity index (χ3n) is 2.02. The summed E-state index contributed by atoms with van der Waals surface area (Å²) in [6.07, 6.45) is 3.94. The van der Waals surface area contributed by atoms with E-state index in [2.05, 4.69) is 11.1 Å². The van der Waals surface area contributed by atoms with Crippen LogP contribution in [0.5, 0.6) is 5.75 Å². The van der Waals surface area contributed by atoms with E-state index in [1.807, 2.05) is 0 Å². The van der Waals surface area contributed by atoms with Crippen LogP contribution in [0.2, 0.25) is 0 Å². The minimum atomic E-state index is -0.764. The van der Waals surface area contributed by atoms with Gasteiger partial charge in [-0.15, -0.1) is 0 Å². The van der Waals surface area contributed by atoms with Gasteiger partial charge in [-0.25, -0.2) is 0 Å². The fourth-order valence-electron chi connectivity index (χ4n) is 1.14. The maximum absolute atomic E-state index is 11.8. The van der Waals surface area contributed by atoms with Gasteiger partial charge in [0.15, 0.2) is 0 Å². The Bertz CT molecular complexity index is 610. The van der Waals surface area contributed by atoms with Gasteiger partial charge in [0.25, 0.3) is 0 Å². The van der Waals surface area contributed by atoms with E-state index in [9.17, 15) is 14.9 Å². The summed E-state index contributed by atoms with van der Waals surface area (Å²) in [7, 11) is 0. The first-order valence-corrected chi connectivity index (χ1v) is 6.76. The van der Waals surface area contributed by atoms with E-state index in [0.717, 1.165) is 19.4 Å². The predicted octanol–water partition coefficient (Wildman–Crippen LogP) is 0.913. The molecule has 2 N–H and O–H groups in total. The molecule has 1 aromatic carbocycles. The molecule has 0 spiro atoms. The zero-order valence-corrected chi connectivity index (χ0v) is 13.3. The Labute approximate surface area is 125 Å². The van der Waals surface area contributed by atoms with Crippen LogP contribution in [0, 0.1) is 16.2 Å². The van der Waals surface area contributed by atoms with Gasteiger partial charge < -0.3 is 0 Å². The summed E-state index contributed by atoms with van der Waals surface area (Å²) in [4.78, 5) is 25.8. The second-order valence-electron chi connectivity index (χ2n) is 3.38. The third kappa shape index (κ3) is 4.20. The maximum atomic E-state index is 11.8. The molecule has 0 aromatic heterocycles. The molecule has 0 saturated carbocycles. The van der Waals surface area contributed by atoms with Crippen molar-refractivity contribution in [3.05, 3.63) is 46.7 Å². The monoisotopic (exact) mass is 444 g/mol. The molecule has 1 aromatic rings. The van der Waals surface area contributed by atoms with Gasteiger partial charge in [0, 0.05) is 0 Å². The van der Waals surface area contributed by atoms with E-state index in [4.69, 9.17) is 10.5 Å². The van der Waals surface area contributed by atoms with E-state index in [1.165, 1.54) is 30.5 Å². The number of nitrogens with zero attached hydrogens (tertiary/aromatic N) is 2. The summed E-state index contributed by atoms with van der Waals surface area (Å²) in [6, 6.07) is 5.60. The first-order valence-electron chi connectivity index (χ1n) is 5.29. The molecule has 8 heteroatoms. The van der Waals surface area contributed by atoms with Crippen LogP contribution < -0.4 is 10.5 Å². The second-order valence-corrected chi connectivity index (χ2v) is 4.84. The number of nitrogens with two attached hydrogens (primary N) is 1. The van der Waals surface area contributed by atoms with Gasteiger partial charge in [0.1, 0.15) is 0 Å². The van der Waals surface area contributed by atoms with Crippen molar-refractivity contribution in [2.75, 3.05) is 0 Å². The molecule has 0 saturated heterocycles. The van der Waals surface area contributed by atoms with Crippen LogP contribution in [0.15, 0.2) is 35.5 Å². The van der Waals surface area contributed by atoms with Crippen LogP contribution in [0.3, 0.4) is 0 Å². The van der Waals surface area contributed by atoms with Crippen LogP contribution in [-0.2, 0) is 24.1 Å². The molecule has 0 fully saturated rings. The summed E-state index contributed by atoms with van der Waals surface area (Å²) in [5.41, 5.74) is 5.29. The topological polar surface area (TPSA) is 108 Å². The van der Waals surface area contributed by atoms with E-state index >= 15 is 0 Å². The molecular formula is C12H10N3O4W-. The van der Waals surface area contributed by atoms with Crippen LogP contribution >= 0.6 is 0 Å². The molecule has 0 heterocycles. The van der Waals surface area contributed by atoms with Crippen molar-refractivity contribution >= 4 is 21.4 Å². The zero-order valence-electron chi connectivity index (χ0n) is 10.4. The number of aliphatic imine (C=N–C) groups is 1. The Morgan fingerprint density at radius 2 is 2.20 bits per heavy atom. The van der Waals surface area contributed by atoms with Gasteiger partial charge >= 0.3 is 125 Å². The summed E-state index contributed by atoms with van der Waals surface area (Å²) >= 11 is 0.745. The van der Waals surface area contributed by atoms with Crippen molar-refractivity contribution in [1.82, 2.24) is 0 Å². The van der Waals surface area contributed by atoms with Crippen LogP contribution in [-0.4, -0.2) is 20.6 Å². The van der Waals surface area contributed by atoms with Crippen molar-refractivity contribution in [3.8, 4) is 5.75 Å². The molecule has 7 nitrogen and oxygen atoms in total. The van der Waals surface area contributed by atoms with E-state index in [-0.39, 0.29) is 21.2 Å². The van der Waals surface area contributed by atoms with Gasteiger partial charge in [0.2, 0.25) is 0 Å². The molecule has 0 unspecified atom stereocenters. The van der Waals surface area contributed by atoms with Gasteiger partial charge in [0.05, 0.1) is 0 Å². The number of carbonyl (C=O) groups excluding carboxylic acids is 1. The van der Waals surface area contributed by atoms with Gasteiger partial charge in [-0.05, 0) is 0 Å². The number of amidine groups is 1. The predicted molar refractivity (Wildman–Crippen MR) is 68.8 cm³/mol. The molecule has 1 rings (SSSR count). The standard InChI is InChI=1S/C12H10N3O4.W/c1-2-7-14-11(13)8-12(16)19-10-6-4-3-5-9(10)15(17)18;/h3-7H,1H3,(H2,13,14);/q-1;. The third-order valence-corrected chi connectivity index (χ3v) is 3.37. The Morgan fingerprint density at radius 3 is 2.80 bits per heavy atom. The number of allylic oxidation sites excluding steroid dienone is 1. The van der Waals surface area contributed by atoms with E-state index < -0.39 is 10.9 Å². The van der Waals surface area contributed by atoms with Crippen molar-refractivity contribution in [3.63, 3.8) is 0 Å². The number of para-hydroxylation sites is 2. The molecule has 0 radical (unpaired) electrons. The summed E-state index contributed by atoms with van der Waals surface area (Å²) < 4.78 is 5.11. The zero-order chi connectivity index (χ0) is 15.1. The molecule has 0 aliphatic carbocycles. The molecule has 0 aliphatic heterocycles. The summed E-state index contributed by atoms with van der Waals surface area (Å²) in [5, 5.41) is 10.8. The molecule has 20 heavy (non-hydrogen) atoms. The number of benzene rings is 1. The van der Waals surface area contributed by atoms with Crippen molar-refractivity contribution in [2.24, 2.45) is 10.7 Å². The molecule has 0 amide bonds. The minimum absolute atomic E-state index is 0.00191. The Morgan fingerprint density at radius 1 is 1.55 bits per heavy atom. The number of ether oxygens (including phenoxy) is 1. The van der Waals surface area contributed by atoms with Crippen LogP contribution in [0.25, 0.3) is 0 Å². The van der Waals surface area contributed by atoms with Crippen molar-refractivity contribution in [2.45, 2.75) is 6.92 Å². The molecule has 0 atom stereocenters. The summed E-state index contributed by atoms with van der Waals surface area (Å²) in [6.45, 7) is 1.63. The van der Waals surface area contributed by atoms with Gasteiger partial charge in [-0.3, -0.25) is 0 Å². The number of nitro groups is 1. The fraction of sp³-hybridized carbons (Fsp3) is 0.0833. The number of hydrogen-bond donors (Lipinski definition) is 1. The first kappa shape index (κ1) is 15.9. The Kier molecular flexibility index (Phi) is 5.93. The fourth-order valence-corrected chi connectivity index (χ4v) is 1.48. The molecular weight excluding hydrogens is 434 g/mol. The average Bonchev–Trinajstić information content (AvgIpc) is 2.44. The number of rotatable bonds is 5. The second kappa shape index (κ2) is 7.45. The number of carbonyl (C=O) groups is 1. The van der Waals surface area contributed by atoms with Gasteiger partial charge in [-0.2, -0.15) is 0 Å². The quantitative estimate of drug-likeness (QED) is 0.138. The summed E-state index contributed by atoms with van der Waals surface area (Å²) in [5.74, 6) is -0.898. The van der Waals surface area contributed by atoms with E-state index in [0.29, 0.717) is 0 Å². The number of esters is 1. The Balaban J connectivity index is 2.92. The number of nitro benzene ring substituents is 1. The van der Waals surface area contributed by atoms with Crippen molar-refractivity contribution in [1.29, 1.82) is 0 Å². The average molecular weight is 444 g/mol. The SMILES string of the molecule is C[C-]=CN=C(N)[C](=[W])C(=O)Oc1ccccc1[N+](=O)[O-].